The third kappa shape index (κ3) is 14.9. The van der Waals surface area contributed by atoms with E-state index in [2.05, 4.69) is 31.9 Å². The predicted molar refractivity (Wildman–Crippen MR) is 191 cm³/mol. The lowest BCUT2D eigenvalue weighted by atomic mass is 9.97. The van der Waals surface area contributed by atoms with Gasteiger partial charge in [-0.25, -0.2) is 8.42 Å². The minimum absolute atomic E-state index is 0.0102. The molecule has 6 atom stereocenters. The van der Waals surface area contributed by atoms with Crippen molar-refractivity contribution in [1.82, 2.24) is 31.9 Å². The Morgan fingerprint density at radius 1 is 0.776 bits per heavy atom. The second-order valence-electron chi connectivity index (χ2n) is 13.6. The van der Waals surface area contributed by atoms with Gasteiger partial charge in [-0.3, -0.25) is 24.0 Å². The number of amides is 5. The molecule has 278 valence electrons. The Balaban J connectivity index is 3.05. The zero-order valence-corrected chi connectivity index (χ0v) is 31.8. The molecule has 0 aliphatic carbocycles. The van der Waals surface area contributed by atoms with Gasteiger partial charge in [0.15, 0.2) is 9.84 Å². The molecular formula is C35H60N6O7S. The number of likely N-dealkylation sites (N-methyl/N-ethyl adjacent to an activating group) is 1. The summed E-state index contributed by atoms with van der Waals surface area (Å²) in [6, 6.07) is 2.06. The highest BCUT2D eigenvalue weighted by Gasteiger charge is 2.31. The molecule has 1 aromatic rings. The van der Waals surface area contributed by atoms with E-state index < -0.39 is 45.8 Å². The van der Waals surface area contributed by atoms with E-state index in [-0.39, 0.29) is 58.5 Å². The van der Waals surface area contributed by atoms with Crippen molar-refractivity contribution in [2.24, 2.45) is 17.8 Å². The Morgan fingerprint density at radius 2 is 1.43 bits per heavy atom. The molecule has 6 N–H and O–H groups in total. The molecule has 14 heteroatoms. The van der Waals surface area contributed by atoms with Gasteiger partial charge < -0.3 is 31.9 Å². The number of hydrogen-bond donors (Lipinski definition) is 6. The van der Waals surface area contributed by atoms with Crippen LogP contribution in [-0.2, 0) is 29.0 Å². The van der Waals surface area contributed by atoms with Gasteiger partial charge in [-0.1, -0.05) is 67.4 Å². The summed E-state index contributed by atoms with van der Waals surface area (Å²) in [7, 11) is -3.54. The summed E-state index contributed by atoms with van der Waals surface area (Å²) in [6.45, 7) is 17.6. The van der Waals surface area contributed by atoms with Gasteiger partial charge in [-0.2, -0.15) is 0 Å². The summed E-state index contributed by atoms with van der Waals surface area (Å²) in [5.74, 6) is -2.28. The highest BCUT2D eigenvalue weighted by atomic mass is 32.2. The van der Waals surface area contributed by atoms with Gasteiger partial charge in [0.25, 0.3) is 5.91 Å². The first-order valence-corrected chi connectivity index (χ1v) is 19.3. The highest BCUT2D eigenvalue weighted by molar-refractivity contribution is 7.90. The quantitative estimate of drug-likeness (QED) is 0.112. The van der Waals surface area contributed by atoms with Crippen molar-refractivity contribution < 1.29 is 32.4 Å². The Hall–Kier alpha value is -3.52. The summed E-state index contributed by atoms with van der Waals surface area (Å²) in [5.41, 5.74) is 0.0998. The maximum absolute atomic E-state index is 13.6. The monoisotopic (exact) mass is 708 g/mol. The van der Waals surface area contributed by atoms with E-state index in [0.29, 0.717) is 32.2 Å². The van der Waals surface area contributed by atoms with E-state index in [9.17, 15) is 32.4 Å². The summed E-state index contributed by atoms with van der Waals surface area (Å²) in [6.07, 6.45) is 3.17. The number of carbonyl (C=O) groups is 5. The second-order valence-corrected chi connectivity index (χ2v) is 15.6. The predicted octanol–water partition coefficient (Wildman–Crippen LogP) is 2.31. The molecule has 49 heavy (non-hydrogen) atoms. The minimum Gasteiger partial charge on any atom is -0.355 e. The van der Waals surface area contributed by atoms with Crippen molar-refractivity contribution >= 4 is 39.4 Å². The van der Waals surface area contributed by atoms with Gasteiger partial charge >= 0.3 is 0 Å². The fourth-order valence-electron chi connectivity index (χ4n) is 5.19. The lowest BCUT2D eigenvalue weighted by Crippen LogP contribution is -2.58. The normalized spacial score (nSPS) is 15.3. The average Bonchev–Trinajstić information content (AvgIpc) is 3.03. The molecule has 13 nitrogen and oxygen atoms in total. The van der Waals surface area contributed by atoms with Crippen LogP contribution >= 0.6 is 0 Å². The molecule has 1 rings (SSSR count). The van der Waals surface area contributed by atoms with Gasteiger partial charge in [0, 0.05) is 31.0 Å². The van der Waals surface area contributed by atoms with Crippen LogP contribution in [0.25, 0.3) is 0 Å². The van der Waals surface area contributed by atoms with E-state index in [1.54, 1.807) is 6.92 Å². The largest absolute Gasteiger partial charge is 0.355 e. The van der Waals surface area contributed by atoms with Crippen molar-refractivity contribution in [2.45, 2.75) is 123 Å². The zero-order chi connectivity index (χ0) is 37.5. The summed E-state index contributed by atoms with van der Waals surface area (Å²) >= 11 is 0. The number of benzene rings is 1. The molecule has 0 aliphatic rings. The number of sulfone groups is 1. The maximum atomic E-state index is 13.6. The molecule has 0 heterocycles. The Morgan fingerprint density at radius 3 is 1.96 bits per heavy atom. The molecular weight excluding hydrogens is 648 g/mol. The molecule has 0 spiro atoms. The van der Waals surface area contributed by atoms with Crippen molar-refractivity contribution in [2.75, 3.05) is 19.3 Å². The van der Waals surface area contributed by atoms with Crippen LogP contribution < -0.4 is 31.9 Å². The third-order valence-electron chi connectivity index (χ3n) is 8.28. The first-order valence-electron chi connectivity index (χ1n) is 17.4. The molecule has 5 amide bonds. The molecule has 0 aliphatic heterocycles. The molecule has 0 radical (unpaired) electrons. The van der Waals surface area contributed by atoms with Crippen LogP contribution in [0.2, 0.25) is 0 Å². The van der Waals surface area contributed by atoms with Crippen molar-refractivity contribution in [1.29, 1.82) is 0 Å². The van der Waals surface area contributed by atoms with Crippen LogP contribution in [0.5, 0.6) is 0 Å². The van der Waals surface area contributed by atoms with E-state index in [0.717, 1.165) is 6.26 Å². The molecule has 0 aromatic heterocycles. The SMILES string of the molecule is CCC[C@H](NC(=O)[C@@H](NC(=O)c1cccc(S(C)(=O)=O)c1)[C@@H](C)CC)C(=O)N[C@H](CN[C@@H](C)C(=O)N[C@H](C(=O)NCC)C(C)C)CC(C)C. The molecule has 0 saturated heterocycles. The minimum atomic E-state index is -3.54. The van der Waals surface area contributed by atoms with Crippen LogP contribution in [0.15, 0.2) is 29.2 Å². The summed E-state index contributed by atoms with van der Waals surface area (Å²) in [5, 5.41) is 17.4. The van der Waals surface area contributed by atoms with Crippen LogP contribution in [0.3, 0.4) is 0 Å². The highest BCUT2D eigenvalue weighted by Crippen LogP contribution is 2.15. The molecule has 0 fully saturated rings. The molecule has 1 aromatic carbocycles. The molecule has 0 saturated carbocycles. The van der Waals surface area contributed by atoms with Crippen LogP contribution in [0, 0.1) is 17.8 Å². The van der Waals surface area contributed by atoms with E-state index in [4.69, 9.17) is 0 Å². The zero-order valence-electron chi connectivity index (χ0n) is 30.9. The van der Waals surface area contributed by atoms with Crippen LogP contribution in [0.4, 0.5) is 0 Å². The summed E-state index contributed by atoms with van der Waals surface area (Å²) in [4.78, 5) is 65.8. The van der Waals surface area contributed by atoms with E-state index in [1.165, 1.54) is 24.3 Å². The van der Waals surface area contributed by atoms with Gasteiger partial charge in [-0.05, 0) is 62.6 Å². The third-order valence-corrected chi connectivity index (χ3v) is 9.39. The van der Waals surface area contributed by atoms with Crippen molar-refractivity contribution in [3.8, 4) is 0 Å². The van der Waals surface area contributed by atoms with Gasteiger partial charge in [0.2, 0.25) is 23.6 Å². The smallest absolute Gasteiger partial charge is 0.251 e. The topological polar surface area (TPSA) is 192 Å². The Kier molecular flexibility index (Phi) is 18.5. The van der Waals surface area contributed by atoms with Gasteiger partial charge in [0.1, 0.15) is 18.1 Å². The van der Waals surface area contributed by atoms with E-state index >= 15 is 0 Å². The number of nitrogens with one attached hydrogen (secondary N) is 6. The molecule has 0 unspecified atom stereocenters. The fraction of sp³-hybridized carbons (Fsp3) is 0.686. The Bertz CT molecular complexity index is 1370. The molecule has 0 bridgehead atoms. The number of hydrogen-bond acceptors (Lipinski definition) is 8. The number of carbonyl (C=O) groups excluding carboxylic acids is 5. The van der Waals surface area contributed by atoms with Crippen molar-refractivity contribution in [3.63, 3.8) is 0 Å². The van der Waals surface area contributed by atoms with Crippen LogP contribution in [0.1, 0.15) is 98.4 Å². The standard InChI is InChI=1S/C35H60N6O7S/c1-11-15-28(39-35(46)30(23(8)12-2)41-32(43)25-16-14-17-27(19-25)49(10,47)48)33(44)38-26(18-21(4)5)20-37-24(9)31(42)40-29(22(6)7)34(45)36-13-3/h14,16-17,19,21-24,26,28-30,37H,11-13,15,18,20H2,1-10H3,(H,36,45)(H,38,44)(H,39,46)(H,40,42)(H,41,43)/t23-,24-,26-,28-,29-,30-/m0/s1. The summed E-state index contributed by atoms with van der Waals surface area (Å²) < 4.78 is 24.0. The fourth-order valence-corrected chi connectivity index (χ4v) is 5.85. The first-order chi connectivity index (χ1) is 22.9. The van der Waals surface area contributed by atoms with E-state index in [1.807, 2.05) is 55.4 Å². The lowest BCUT2D eigenvalue weighted by Gasteiger charge is -2.29. The average molecular weight is 709 g/mol. The van der Waals surface area contributed by atoms with Gasteiger partial charge in [-0.15, -0.1) is 0 Å². The second kappa shape index (κ2) is 20.9. The first kappa shape index (κ1) is 43.5. The Labute approximate surface area is 293 Å². The van der Waals surface area contributed by atoms with Crippen molar-refractivity contribution in [3.05, 3.63) is 29.8 Å². The van der Waals surface area contributed by atoms with Gasteiger partial charge in [0.05, 0.1) is 10.9 Å². The van der Waals surface area contributed by atoms with Crippen LogP contribution in [-0.4, -0.2) is 87.5 Å². The lowest BCUT2D eigenvalue weighted by molar-refractivity contribution is -0.131. The number of rotatable bonds is 21. The maximum Gasteiger partial charge on any atom is 0.251 e.